The molecular formula is C17H37N3. The van der Waals surface area contributed by atoms with Gasteiger partial charge in [-0.3, -0.25) is 0 Å². The van der Waals surface area contributed by atoms with Crippen molar-refractivity contribution in [3.05, 3.63) is 0 Å². The highest BCUT2D eigenvalue weighted by Crippen LogP contribution is 2.19. The van der Waals surface area contributed by atoms with Crippen molar-refractivity contribution >= 4 is 0 Å². The van der Waals surface area contributed by atoms with Gasteiger partial charge in [0.2, 0.25) is 0 Å². The second-order valence-electron chi connectivity index (χ2n) is 8.52. The molecule has 0 radical (unpaired) electrons. The number of nitrogens with zero attached hydrogens (tertiary/aromatic N) is 2. The lowest BCUT2D eigenvalue weighted by molar-refractivity contribution is 0.223. The molecule has 0 bridgehead atoms. The molecule has 1 N–H and O–H groups in total. The van der Waals surface area contributed by atoms with Crippen LogP contribution in [0.4, 0.5) is 0 Å². The Morgan fingerprint density at radius 3 is 1.85 bits per heavy atom. The van der Waals surface area contributed by atoms with E-state index in [-0.39, 0.29) is 5.54 Å². The van der Waals surface area contributed by atoms with Crippen molar-refractivity contribution in [2.45, 2.75) is 59.9 Å². The molecule has 0 aromatic carbocycles. The highest BCUT2D eigenvalue weighted by Gasteiger charge is 2.17. The Labute approximate surface area is 127 Å². The van der Waals surface area contributed by atoms with E-state index in [9.17, 15) is 0 Å². The molecule has 1 saturated heterocycles. The molecule has 0 saturated carbocycles. The van der Waals surface area contributed by atoms with E-state index < -0.39 is 0 Å². The van der Waals surface area contributed by atoms with Crippen LogP contribution in [0.2, 0.25) is 0 Å². The van der Waals surface area contributed by atoms with Gasteiger partial charge in [-0.25, -0.2) is 0 Å². The van der Waals surface area contributed by atoms with Gasteiger partial charge in [0.15, 0.2) is 0 Å². The van der Waals surface area contributed by atoms with Crippen molar-refractivity contribution in [1.29, 1.82) is 0 Å². The summed E-state index contributed by atoms with van der Waals surface area (Å²) in [7, 11) is 0. The maximum absolute atomic E-state index is 3.59. The van der Waals surface area contributed by atoms with Crippen LogP contribution in [0.5, 0.6) is 0 Å². The Balaban J connectivity index is 2.22. The molecule has 0 aromatic rings. The fraction of sp³-hybridized carbons (Fsp3) is 1.00. The predicted octanol–water partition coefficient (Wildman–Crippen LogP) is 2.82. The molecule has 120 valence electrons. The van der Waals surface area contributed by atoms with E-state index in [2.05, 4.69) is 56.7 Å². The van der Waals surface area contributed by atoms with E-state index >= 15 is 0 Å². The van der Waals surface area contributed by atoms with Crippen LogP contribution < -0.4 is 5.32 Å². The average molecular weight is 284 g/mol. The number of rotatable bonds is 5. The van der Waals surface area contributed by atoms with Crippen LogP contribution >= 0.6 is 0 Å². The van der Waals surface area contributed by atoms with Crippen LogP contribution in [0.3, 0.4) is 0 Å². The second kappa shape index (κ2) is 7.77. The van der Waals surface area contributed by atoms with Crippen molar-refractivity contribution in [2.24, 2.45) is 5.41 Å². The summed E-state index contributed by atoms with van der Waals surface area (Å²) in [5.74, 6) is 0. The Morgan fingerprint density at radius 2 is 1.35 bits per heavy atom. The summed E-state index contributed by atoms with van der Waals surface area (Å²) in [6, 6.07) is 0. The van der Waals surface area contributed by atoms with Crippen LogP contribution in [-0.4, -0.2) is 61.2 Å². The topological polar surface area (TPSA) is 18.5 Å². The van der Waals surface area contributed by atoms with E-state index in [1.165, 1.54) is 52.1 Å². The van der Waals surface area contributed by atoms with Gasteiger partial charge >= 0.3 is 0 Å². The zero-order valence-electron chi connectivity index (χ0n) is 14.8. The van der Waals surface area contributed by atoms with Gasteiger partial charge < -0.3 is 15.1 Å². The standard InChI is InChI=1S/C17H37N3/c1-16(2,3)8-12-19-10-7-11-20(15-14-19)13-9-18-17(4,5)6/h18H,7-15H2,1-6H3. The minimum Gasteiger partial charge on any atom is -0.311 e. The average Bonchev–Trinajstić information content (AvgIpc) is 2.49. The number of nitrogens with one attached hydrogen (secondary N) is 1. The molecule has 0 amide bonds. The third-order valence-electron chi connectivity index (χ3n) is 3.94. The molecule has 1 aliphatic rings. The maximum Gasteiger partial charge on any atom is 0.0110 e. The summed E-state index contributed by atoms with van der Waals surface area (Å²) in [6.45, 7) is 22.3. The molecule has 1 rings (SSSR count). The van der Waals surface area contributed by atoms with Crippen LogP contribution in [0, 0.1) is 5.41 Å². The number of hydrogen-bond acceptors (Lipinski definition) is 3. The third-order valence-corrected chi connectivity index (χ3v) is 3.94. The molecule has 0 atom stereocenters. The molecule has 1 aliphatic heterocycles. The van der Waals surface area contributed by atoms with Gasteiger partial charge in [-0.2, -0.15) is 0 Å². The summed E-state index contributed by atoms with van der Waals surface area (Å²) < 4.78 is 0. The summed E-state index contributed by atoms with van der Waals surface area (Å²) in [6.07, 6.45) is 2.62. The lowest BCUT2D eigenvalue weighted by Crippen LogP contribution is -2.42. The van der Waals surface area contributed by atoms with E-state index in [0.29, 0.717) is 5.41 Å². The Hall–Kier alpha value is -0.120. The van der Waals surface area contributed by atoms with Gasteiger partial charge in [0.05, 0.1) is 0 Å². The molecule has 1 fully saturated rings. The van der Waals surface area contributed by atoms with Gasteiger partial charge in [0.1, 0.15) is 0 Å². The molecule has 0 aliphatic carbocycles. The normalized spacial score (nSPS) is 20.1. The molecule has 0 aromatic heterocycles. The monoisotopic (exact) mass is 283 g/mol. The quantitative estimate of drug-likeness (QED) is 0.837. The van der Waals surface area contributed by atoms with Gasteiger partial charge in [0, 0.05) is 31.7 Å². The first-order chi connectivity index (χ1) is 9.16. The molecule has 0 spiro atoms. The van der Waals surface area contributed by atoms with Crippen molar-refractivity contribution in [3.8, 4) is 0 Å². The van der Waals surface area contributed by atoms with Gasteiger partial charge in [0.25, 0.3) is 0 Å². The van der Waals surface area contributed by atoms with Crippen molar-refractivity contribution in [3.63, 3.8) is 0 Å². The summed E-state index contributed by atoms with van der Waals surface area (Å²) in [5.41, 5.74) is 0.702. The minimum atomic E-state index is 0.241. The minimum absolute atomic E-state index is 0.241. The first-order valence-electron chi connectivity index (χ1n) is 8.35. The zero-order valence-corrected chi connectivity index (χ0v) is 14.8. The van der Waals surface area contributed by atoms with Crippen molar-refractivity contribution < 1.29 is 0 Å². The van der Waals surface area contributed by atoms with Crippen molar-refractivity contribution in [2.75, 3.05) is 45.8 Å². The van der Waals surface area contributed by atoms with Crippen LogP contribution in [0.15, 0.2) is 0 Å². The molecule has 3 heteroatoms. The molecule has 20 heavy (non-hydrogen) atoms. The van der Waals surface area contributed by atoms with Crippen LogP contribution in [-0.2, 0) is 0 Å². The highest BCUT2D eigenvalue weighted by molar-refractivity contribution is 4.75. The van der Waals surface area contributed by atoms with Gasteiger partial charge in [-0.05, 0) is 58.7 Å². The van der Waals surface area contributed by atoms with E-state index in [0.717, 1.165) is 6.54 Å². The summed E-state index contributed by atoms with van der Waals surface area (Å²) in [4.78, 5) is 5.28. The lowest BCUT2D eigenvalue weighted by Gasteiger charge is -2.26. The lowest BCUT2D eigenvalue weighted by atomic mass is 9.92. The first-order valence-corrected chi connectivity index (χ1v) is 8.35. The van der Waals surface area contributed by atoms with E-state index in [4.69, 9.17) is 0 Å². The Bertz CT molecular complexity index is 262. The Kier molecular flexibility index (Phi) is 6.96. The smallest absolute Gasteiger partial charge is 0.0110 e. The summed E-state index contributed by atoms with van der Waals surface area (Å²) >= 11 is 0. The van der Waals surface area contributed by atoms with E-state index in [1.54, 1.807) is 0 Å². The second-order valence-corrected chi connectivity index (χ2v) is 8.52. The molecular weight excluding hydrogens is 246 g/mol. The van der Waals surface area contributed by atoms with Gasteiger partial charge in [-0.1, -0.05) is 20.8 Å². The number of hydrogen-bond donors (Lipinski definition) is 1. The highest BCUT2D eigenvalue weighted by atomic mass is 15.2. The summed E-state index contributed by atoms with van der Waals surface area (Å²) in [5, 5.41) is 3.59. The Morgan fingerprint density at radius 1 is 0.800 bits per heavy atom. The molecule has 3 nitrogen and oxygen atoms in total. The van der Waals surface area contributed by atoms with Crippen molar-refractivity contribution in [1.82, 2.24) is 15.1 Å². The molecule has 0 unspecified atom stereocenters. The van der Waals surface area contributed by atoms with Gasteiger partial charge in [-0.15, -0.1) is 0 Å². The fourth-order valence-electron chi connectivity index (χ4n) is 2.55. The largest absolute Gasteiger partial charge is 0.311 e. The fourth-order valence-corrected chi connectivity index (χ4v) is 2.55. The van der Waals surface area contributed by atoms with Crippen LogP contribution in [0.1, 0.15) is 54.4 Å². The predicted molar refractivity (Wildman–Crippen MR) is 89.3 cm³/mol. The molecule has 1 heterocycles. The first kappa shape index (κ1) is 17.9. The maximum atomic E-state index is 3.59. The zero-order chi connectivity index (χ0) is 15.2. The van der Waals surface area contributed by atoms with E-state index in [1.807, 2.05) is 0 Å². The SMILES string of the molecule is CC(C)(C)CCN1CCCN(CCNC(C)(C)C)CC1. The van der Waals surface area contributed by atoms with Crippen LogP contribution in [0.25, 0.3) is 0 Å². The third kappa shape index (κ3) is 8.93.